The van der Waals surface area contributed by atoms with Crippen LogP contribution in [0.3, 0.4) is 0 Å². The first-order chi connectivity index (χ1) is 13.2. The highest BCUT2D eigenvalue weighted by atomic mass is 35.5. The van der Waals surface area contributed by atoms with Crippen LogP contribution in [0.5, 0.6) is 0 Å². The van der Waals surface area contributed by atoms with Gasteiger partial charge in [0.15, 0.2) is 5.82 Å². The summed E-state index contributed by atoms with van der Waals surface area (Å²) < 4.78 is 15.3. The number of nitrogens with zero attached hydrogens (tertiary/aromatic N) is 4. The number of nitrogens with one attached hydrogen (secondary N) is 1. The molecular weight excluding hydrogens is 401 g/mol. The zero-order chi connectivity index (χ0) is 18.8. The molecule has 1 atom stereocenters. The zero-order valence-electron chi connectivity index (χ0n) is 15.3. The van der Waals surface area contributed by atoms with Crippen molar-refractivity contribution in [1.82, 2.24) is 25.0 Å². The third-order valence-electron chi connectivity index (χ3n) is 4.71. The molecule has 6 nitrogen and oxygen atoms in total. The van der Waals surface area contributed by atoms with Crippen molar-refractivity contribution in [2.45, 2.75) is 18.9 Å². The lowest BCUT2D eigenvalue weighted by molar-refractivity contribution is 0.0686. The number of thiophene rings is 1. The van der Waals surface area contributed by atoms with E-state index in [9.17, 15) is 9.18 Å². The van der Waals surface area contributed by atoms with Gasteiger partial charge in [0.25, 0.3) is 5.91 Å². The summed E-state index contributed by atoms with van der Waals surface area (Å²) in [5, 5.41) is 9.60. The Morgan fingerprint density at radius 1 is 1.32 bits per heavy atom. The molecule has 1 amide bonds. The fraction of sp³-hybridized carbons (Fsp3) is 0.316. The molecule has 1 saturated heterocycles. The normalized spacial score (nSPS) is 16.6. The Labute approximate surface area is 172 Å². The molecule has 1 aliphatic rings. The van der Waals surface area contributed by atoms with Gasteiger partial charge in [0.05, 0.1) is 10.6 Å². The Bertz CT molecular complexity index is 946. The molecule has 1 unspecified atom stereocenters. The topological polar surface area (TPSA) is 63.1 Å². The molecule has 0 radical (unpaired) electrons. The molecule has 0 aliphatic carbocycles. The quantitative estimate of drug-likeness (QED) is 0.701. The second kappa shape index (κ2) is 8.81. The number of likely N-dealkylation sites (N-methyl/N-ethyl adjacent to an activating group) is 1. The predicted molar refractivity (Wildman–Crippen MR) is 110 cm³/mol. The van der Waals surface area contributed by atoms with Crippen LogP contribution in [0.2, 0.25) is 0 Å². The van der Waals surface area contributed by atoms with Gasteiger partial charge in [-0.3, -0.25) is 4.79 Å². The first-order valence-electron chi connectivity index (χ1n) is 8.89. The van der Waals surface area contributed by atoms with Gasteiger partial charge in [0.2, 0.25) is 5.82 Å². The van der Waals surface area contributed by atoms with Crippen molar-refractivity contribution in [2.75, 3.05) is 20.1 Å². The summed E-state index contributed by atoms with van der Waals surface area (Å²) in [7, 11) is 1.91. The smallest absolute Gasteiger partial charge is 0.293 e. The van der Waals surface area contributed by atoms with Crippen LogP contribution in [-0.2, 0) is 0 Å². The van der Waals surface area contributed by atoms with Gasteiger partial charge in [-0.05, 0) is 49.5 Å². The molecule has 28 heavy (non-hydrogen) atoms. The summed E-state index contributed by atoms with van der Waals surface area (Å²) in [6, 6.07) is 10.2. The largest absolute Gasteiger partial charge is 0.334 e. The van der Waals surface area contributed by atoms with Crippen LogP contribution in [0.25, 0.3) is 16.4 Å². The van der Waals surface area contributed by atoms with Crippen molar-refractivity contribution in [1.29, 1.82) is 0 Å². The Hall–Kier alpha value is -2.29. The molecule has 4 rings (SSSR count). The van der Waals surface area contributed by atoms with E-state index in [2.05, 4.69) is 15.4 Å². The Morgan fingerprint density at radius 2 is 2.18 bits per heavy atom. The number of piperidine rings is 1. The van der Waals surface area contributed by atoms with Gasteiger partial charge in [-0.25, -0.2) is 14.1 Å². The molecule has 1 aliphatic heterocycles. The maximum Gasteiger partial charge on any atom is 0.293 e. The number of rotatable bonds is 4. The van der Waals surface area contributed by atoms with Gasteiger partial charge in [-0.2, -0.15) is 0 Å². The van der Waals surface area contributed by atoms with Crippen molar-refractivity contribution in [3.63, 3.8) is 0 Å². The summed E-state index contributed by atoms with van der Waals surface area (Å²) in [5.74, 6) is 0.129. The fourth-order valence-corrected chi connectivity index (χ4v) is 3.99. The lowest BCUT2D eigenvalue weighted by Gasteiger charge is -2.31. The van der Waals surface area contributed by atoms with Gasteiger partial charge in [-0.15, -0.1) is 28.8 Å². The number of carbonyl (C=O) groups is 1. The number of likely N-dealkylation sites (tertiary alicyclic amines) is 1. The molecule has 1 aromatic carbocycles. The molecule has 1 N–H and O–H groups in total. The molecule has 9 heteroatoms. The lowest BCUT2D eigenvalue weighted by Crippen LogP contribution is -2.47. The zero-order valence-corrected chi connectivity index (χ0v) is 17.0. The van der Waals surface area contributed by atoms with Crippen LogP contribution in [0.15, 0.2) is 41.8 Å². The highest BCUT2D eigenvalue weighted by Gasteiger charge is 2.27. The number of carbonyl (C=O) groups excluding carboxylic acids is 1. The van der Waals surface area contributed by atoms with Crippen LogP contribution in [0.1, 0.15) is 23.5 Å². The second-order valence-electron chi connectivity index (χ2n) is 6.51. The molecule has 2 aromatic heterocycles. The maximum atomic E-state index is 13.7. The minimum absolute atomic E-state index is 0. The number of aromatic nitrogens is 3. The number of amides is 1. The standard InChI is InChI=1S/C19H20FN5OS.ClH/c1-21-14-6-3-9-24(12-14)19(26)17-22-18(16-8-4-10-27-16)25(23-17)15-7-2-5-13(20)11-15;/h2,4-5,7-8,10-11,14,21H,3,6,9,12H2,1H3;1H. The Morgan fingerprint density at radius 3 is 2.89 bits per heavy atom. The average Bonchev–Trinajstić information content (AvgIpc) is 3.37. The minimum atomic E-state index is -0.360. The molecule has 148 valence electrons. The van der Waals surface area contributed by atoms with E-state index in [1.807, 2.05) is 24.6 Å². The Balaban J connectivity index is 0.00000225. The van der Waals surface area contributed by atoms with Crippen LogP contribution in [-0.4, -0.2) is 51.8 Å². The van der Waals surface area contributed by atoms with E-state index < -0.39 is 0 Å². The SMILES string of the molecule is CNC1CCCN(C(=O)c2nc(-c3cccs3)n(-c3cccc(F)c3)n2)C1.Cl. The third kappa shape index (κ3) is 4.09. The van der Waals surface area contributed by atoms with Crippen molar-refractivity contribution < 1.29 is 9.18 Å². The molecule has 0 saturated carbocycles. The second-order valence-corrected chi connectivity index (χ2v) is 7.45. The van der Waals surface area contributed by atoms with Gasteiger partial charge in [0, 0.05) is 19.1 Å². The first-order valence-corrected chi connectivity index (χ1v) is 9.77. The maximum absolute atomic E-state index is 13.7. The van der Waals surface area contributed by atoms with E-state index in [1.165, 1.54) is 23.5 Å². The first kappa shape index (κ1) is 20.4. The van der Waals surface area contributed by atoms with E-state index in [0.717, 1.165) is 17.7 Å². The Kier molecular flexibility index (Phi) is 6.43. The fourth-order valence-electron chi connectivity index (χ4n) is 3.29. The number of hydrogen-bond acceptors (Lipinski definition) is 5. The monoisotopic (exact) mass is 421 g/mol. The van der Waals surface area contributed by atoms with Crippen LogP contribution >= 0.6 is 23.7 Å². The van der Waals surface area contributed by atoms with Crippen molar-refractivity contribution >= 4 is 29.7 Å². The molecule has 0 spiro atoms. The van der Waals surface area contributed by atoms with E-state index in [-0.39, 0.29) is 36.0 Å². The highest BCUT2D eigenvalue weighted by Crippen LogP contribution is 2.26. The van der Waals surface area contributed by atoms with Gasteiger partial charge < -0.3 is 10.2 Å². The summed E-state index contributed by atoms with van der Waals surface area (Å²) in [4.78, 5) is 20.2. The summed E-state index contributed by atoms with van der Waals surface area (Å²) in [5.41, 5.74) is 0.539. The summed E-state index contributed by atoms with van der Waals surface area (Å²) in [6.07, 6.45) is 1.99. The number of halogens is 2. The molecule has 3 aromatic rings. The van der Waals surface area contributed by atoms with E-state index in [1.54, 1.807) is 21.7 Å². The van der Waals surface area contributed by atoms with Gasteiger partial charge in [-0.1, -0.05) is 12.1 Å². The minimum Gasteiger partial charge on any atom is -0.334 e. The van der Waals surface area contributed by atoms with E-state index in [4.69, 9.17) is 0 Å². The van der Waals surface area contributed by atoms with E-state index >= 15 is 0 Å². The van der Waals surface area contributed by atoms with Crippen LogP contribution in [0, 0.1) is 5.82 Å². The van der Waals surface area contributed by atoms with Crippen molar-refractivity contribution in [3.05, 3.63) is 53.4 Å². The van der Waals surface area contributed by atoms with E-state index in [0.29, 0.717) is 24.6 Å². The average molecular weight is 422 g/mol. The predicted octanol–water partition coefficient (Wildman–Crippen LogP) is 3.38. The summed E-state index contributed by atoms with van der Waals surface area (Å²) in [6.45, 7) is 1.33. The van der Waals surface area contributed by atoms with Crippen molar-refractivity contribution in [2.24, 2.45) is 0 Å². The summed E-state index contributed by atoms with van der Waals surface area (Å²) >= 11 is 1.50. The number of benzene rings is 1. The van der Waals surface area contributed by atoms with Crippen molar-refractivity contribution in [3.8, 4) is 16.4 Å². The van der Waals surface area contributed by atoms with Gasteiger partial charge in [0.1, 0.15) is 5.82 Å². The highest BCUT2D eigenvalue weighted by molar-refractivity contribution is 7.13. The number of hydrogen-bond donors (Lipinski definition) is 1. The molecule has 0 bridgehead atoms. The van der Waals surface area contributed by atoms with Crippen LogP contribution < -0.4 is 5.32 Å². The molecular formula is C19H21ClFN5OS. The molecule has 3 heterocycles. The lowest BCUT2D eigenvalue weighted by atomic mass is 10.1. The molecule has 1 fully saturated rings. The van der Waals surface area contributed by atoms with Gasteiger partial charge >= 0.3 is 0 Å². The third-order valence-corrected chi connectivity index (χ3v) is 5.58. The van der Waals surface area contributed by atoms with Crippen LogP contribution in [0.4, 0.5) is 4.39 Å².